The molecule has 3 aromatic rings. The number of aryl methyl sites for hydroxylation is 1. The second-order valence-corrected chi connectivity index (χ2v) is 6.68. The fourth-order valence-electron chi connectivity index (χ4n) is 2.40. The summed E-state index contributed by atoms with van der Waals surface area (Å²) in [7, 11) is 0. The Labute approximate surface area is 165 Å². The van der Waals surface area contributed by atoms with Crippen LogP contribution in [0, 0.1) is 6.92 Å². The third-order valence-corrected chi connectivity index (χ3v) is 4.58. The molecular weight excluding hydrogens is 382 g/mol. The average Bonchev–Trinajstić information content (AvgIpc) is 3.30. The van der Waals surface area contributed by atoms with Gasteiger partial charge in [0.15, 0.2) is 23.4 Å². The summed E-state index contributed by atoms with van der Waals surface area (Å²) < 4.78 is 11.7. The molecule has 10 heteroatoms. The molecule has 1 amide bonds. The highest BCUT2D eigenvalue weighted by molar-refractivity contribution is 7.99. The first-order chi connectivity index (χ1) is 13.6. The van der Waals surface area contributed by atoms with Crippen molar-refractivity contribution >= 4 is 29.5 Å². The number of thioether (sulfide) groups is 1. The van der Waals surface area contributed by atoms with Gasteiger partial charge in [0.1, 0.15) is 5.76 Å². The number of carbonyl (C=O) groups excluding carboxylic acids is 2. The van der Waals surface area contributed by atoms with E-state index in [1.165, 1.54) is 11.8 Å². The summed E-state index contributed by atoms with van der Waals surface area (Å²) >= 11 is 1.21. The van der Waals surface area contributed by atoms with Gasteiger partial charge >= 0.3 is 5.97 Å². The van der Waals surface area contributed by atoms with Gasteiger partial charge in [-0.25, -0.2) is 0 Å². The summed E-state index contributed by atoms with van der Waals surface area (Å²) in [5, 5.41) is 15.1. The van der Waals surface area contributed by atoms with Crippen LogP contribution in [-0.4, -0.2) is 44.2 Å². The molecule has 0 radical (unpaired) electrons. The summed E-state index contributed by atoms with van der Waals surface area (Å²) in [6.07, 6.45) is 0. The van der Waals surface area contributed by atoms with E-state index in [1.54, 1.807) is 13.0 Å². The number of rotatable bonds is 8. The Kier molecular flexibility index (Phi) is 6.43. The Morgan fingerprint density at radius 2 is 2.04 bits per heavy atom. The molecule has 1 aromatic carbocycles. The number of hydrogen-bond acceptors (Lipinski definition) is 8. The van der Waals surface area contributed by atoms with Crippen molar-refractivity contribution in [2.75, 3.05) is 17.7 Å². The summed E-state index contributed by atoms with van der Waals surface area (Å²) in [6.45, 7) is 3.95. The smallest absolute Gasteiger partial charge is 0.316 e. The van der Waals surface area contributed by atoms with Gasteiger partial charge in [0.25, 0.3) is 5.91 Å². The molecule has 0 spiro atoms. The monoisotopic (exact) mass is 401 g/mol. The second-order valence-electron chi connectivity index (χ2n) is 5.74. The zero-order valence-corrected chi connectivity index (χ0v) is 16.2. The molecule has 2 heterocycles. The minimum absolute atomic E-state index is 0.0171. The molecule has 0 fully saturated rings. The zero-order valence-electron chi connectivity index (χ0n) is 15.4. The van der Waals surface area contributed by atoms with Crippen molar-refractivity contribution in [2.45, 2.75) is 25.5 Å². The molecule has 9 nitrogen and oxygen atoms in total. The zero-order chi connectivity index (χ0) is 19.9. The van der Waals surface area contributed by atoms with E-state index in [1.807, 2.05) is 41.8 Å². The van der Waals surface area contributed by atoms with Crippen LogP contribution in [0.15, 0.2) is 46.1 Å². The maximum Gasteiger partial charge on any atom is 0.316 e. The van der Waals surface area contributed by atoms with E-state index in [-0.39, 0.29) is 11.6 Å². The van der Waals surface area contributed by atoms with Crippen LogP contribution in [0.2, 0.25) is 0 Å². The molecule has 0 saturated heterocycles. The number of aromatic nitrogens is 4. The number of hydrogen-bond donors (Lipinski definition) is 1. The molecule has 146 valence electrons. The van der Waals surface area contributed by atoms with Gasteiger partial charge in [-0.1, -0.05) is 47.3 Å². The van der Waals surface area contributed by atoms with E-state index in [4.69, 9.17) is 9.26 Å². The lowest BCUT2D eigenvalue weighted by atomic mass is 10.2. The van der Waals surface area contributed by atoms with E-state index in [2.05, 4.69) is 20.7 Å². The second kappa shape index (κ2) is 9.18. The van der Waals surface area contributed by atoms with E-state index in [0.717, 1.165) is 11.4 Å². The number of carbonyl (C=O) groups is 2. The molecule has 0 unspecified atom stereocenters. The number of anilines is 1. The van der Waals surface area contributed by atoms with E-state index in [0.29, 0.717) is 17.5 Å². The predicted octanol–water partition coefficient (Wildman–Crippen LogP) is 2.54. The number of nitrogens with one attached hydrogen (secondary N) is 1. The Bertz CT molecular complexity index is 954. The van der Waals surface area contributed by atoms with Gasteiger partial charge < -0.3 is 19.1 Å². The van der Waals surface area contributed by atoms with Gasteiger partial charge in [-0.15, -0.1) is 10.2 Å². The van der Waals surface area contributed by atoms with Gasteiger partial charge in [-0.05, 0) is 13.8 Å². The molecule has 1 N–H and O–H groups in total. The number of amides is 1. The van der Waals surface area contributed by atoms with Crippen molar-refractivity contribution in [2.24, 2.45) is 0 Å². The highest BCUT2D eigenvalue weighted by atomic mass is 32.2. The highest BCUT2D eigenvalue weighted by Crippen LogP contribution is 2.23. The summed E-state index contributed by atoms with van der Waals surface area (Å²) in [6, 6.07) is 11.3. The van der Waals surface area contributed by atoms with Crippen molar-refractivity contribution < 1.29 is 18.8 Å². The molecule has 28 heavy (non-hydrogen) atoms. The largest absolute Gasteiger partial charge is 0.455 e. The maximum absolute atomic E-state index is 11.9. The minimum atomic E-state index is -0.525. The quantitative estimate of drug-likeness (QED) is 0.453. The summed E-state index contributed by atoms with van der Waals surface area (Å²) in [5.41, 5.74) is 0.950. The normalized spacial score (nSPS) is 10.6. The fourth-order valence-corrected chi connectivity index (χ4v) is 3.20. The van der Waals surface area contributed by atoms with Crippen LogP contribution < -0.4 is 5.32 Å². The van der Waals surface area contributed by atoms with E-state index < -0.39 is 18.5 Å². The third kappa shape index (κ3) is 4.97. The first-order valence-electron chi connectivity index (χ1n) is 8.57. The molecule has 2 aromatic heterocycles. The maximum atomic E-state index is 11.9. The lowest BCUT2D eigenvalue weighted by Gasteiger charge is -2.07. The topological polar surface area (TPSA) is 112 Å². The molecule has 0 aliphatic carbocycles. The van der Waals surface area contributed by atoms with Crippen LogP contribution in [0.4, 0.5) is 5.82 Å². The summed E-state index contributed by atoms with van der Waals surface area (Å²) in [4.78, 5) is 23.7. The van der Waals surface area contributed by atoms with Crippen molar-refractivity contribution in [3.8, 4) is 11.4 Å². The van der Waals surface area contributed by atoms with Gasteiger partial charge in [-0.2, -0.15) is 0 Å². The first kappa shape index (κ1) is 19.6. The Morgan fingerprint density at radius 3 is 2.71 bits per heavy atom. The average molecular weight is 401 g/mol. The first-order valence-corrected chi connectivity index (χ1v) is 9.55. The van der Waals surface area contributed by atoms with Crippen LogP contribution in [0.25, 0.3) is 11.4 Å². The molecule has 0 atom stereocenters. The molecule has 0 aliphatic heterocycles. The van der Waals surface area contributed by atoms with Crippen LogP contribution in [0.5, 0.6) is 0 Å². The molecule has 0 bridgehead atoms. The Morgan fingerprint density at radius 1 is 1.25 bits per heavy atom. The number of nitrogens with zero attached hydrogens (tertiary/aromatic N) is 4. The Hall–Kier alpha value is -3.14. The third-order valence-electron chi connectivity index (χ3n) is 3.64. The predicted molar refractivity (Wildman–Crippen MR) is 103 cm³/mol. The van der Waals surface area contributed by atoms with Gasteiger partial charge in [0.2, 0.25) is 0 Å². The van der Waals surface area contributed by atoms with Crippen molar-refractivity contribution in [3.05, 3.63) is 42.2 Å². The molecule has 0 saturated carbocycles. The highest BCUT2D eigenvalue weighted by Gasteiger charge is 2.16. The van der Waals surface area contributed by atoms with Gasteiger partial charge in [0, 0.05) is 18.2 Å². The van der Waals surface area contributed by atoms with E-state index in [9.17, 15) is 9.59 Å². The van der Waals surface area contributed by atoms with Gasteiger partial charge in [-0.3, -0.25) is 9.59 Å². The fraction of sp³-hybridized carbons (Fsp3) is 0.278. The molecule has 0 aliphatic rings. The van der Waals surface area contributed by atoms with Crippen LogP contribution in [-0.2, 0) is 20.9 Å². The minimum Gasteiger partial charge on any atom is -0.455 e. The van der Waals surface area contributed by atoms with Crippen molar-refractivity contribution in [1.29, 1.82) is 0 Å². The standard InChI is InChI=1S/C18H19N5O4S/c1-3-23-17(13-7-5-4-6-8-13)20-21-18(23)28-11-16(25)26-10-15(24)19-14-9-12(2)27-22-14/h4-9H,3,10-11H2,1-2H3,(H,19,22,24). The SMILES string of the molecule is CCn1c(SCC(=O)OCC(=O)Nc2cc(C)on2)nnc1-c1ccccc1. The number of esters is 1. The number of benzene rings is 1. The Balaban J connectivity index is 1.50. The lowest BCUT2D eigenvalue weighted by Crippen LogP contribution is -2.21. The van der Waals surface area contributed by atoms with Crippen molar-refractivity contribution in [3.63, 3.8) is 0 Å². The molecule has 3 rings (SSSR count). The van der Waals surface area contributed by atoms with Crippen LogP contribution in [0.3, 0.4) is 0 Å². The van der Waals surface area contributed by atoms with Gasteiger partial charge in [0.05, 0.1) is 5.75 Å². The van der Waals surface area contributed by atoms with Crippen molar-refractivity contribution in [1.82, 2.24) is 19.9 Å². The molecular formula is C18H19N5O4S. The van der Waals surface area contributed by atoms with Crippen LogP contribution in [0.1, 0.15) is 12.7 Å². The lowest BCUT2D eigenvalue weighted by molar-refractivity contribution is -0.144. The summed E-state index contributed by atoms with van der Waals surface area (Å²) in [5.74, 6) is 0.582. The van der Waals surface area contributed by atoms with Crippen LogP contribution >= 0.6 is 11.8 Å². The number of ether oxygens (including phenoxy) is 1. The van der Waals surface area contributed by atoms with E-state index >= 15 is 0 Å².